The van der Waals surface area contributed by atoms with E-state index < -0.39 is 0 Å². The van der Waals surface area contributed by atoms with Crippen LogP contribution in [0.2, 0.25) is 0 Å². The normalized spacial score (nSPS) is 25.9. The molecule has 0 aromatic rings. The molecule has 0 bridgehead atoms. The Hall–Kier alpha value is -1.04. The molecule has 3 nitrogen and oxygen atoms in total. The Morgan fingerprint density at radius 3 is 2.31 bits per heavy atom. The van der Waals surface area contributed by atoms with Crippen LogP contribution in [0.15, 0.2) is 0 Å². The molecule has 0 aromatic carbocycles. The average molecular weight is 223 g/mol. The SMILES string of the molecule is CC(C)(C)OC(=O)CC1CCC(C#N)CC1. The summed E-state index contributed by atoms with van der Waals surface area (Å²) < 4.78 is 5.29. The van der Waals surface area contributed by atoms with E-state index in [4.69, 9.17) is 10.00 Å². The summed E-state index contributed by atoms with van der Waals surface area (Å²) in [5.74, 6) is 0.516. The van der Waals surface area contributed by atoms with E-state index in [1.165, 1.54) is 0 Å². The fourth-order valence-electron chi connectivity index (χ4n) is 2.11. The van der Waals surface area contributed by atoms with Gasteiger partial charge in [0.15, 0.2) is 0 Å². The molecule has 0 saturated heterocycles. The van der Waals surface area contributed by atoms with Crippen LogP contribution in [-0.2, 0) is 9.53 Å². The van der Waals surface area contributed by atoms with Gasteiger partial charge in [-0.2, -0.15) is 5.26 Å². The third-order valence-electron chi connectivity index (χ3n) is 2.90. The lowest BCUT2D eigenvalue weighted by Gasteiger charge is -2.26. The maximum absolute atomic E-state index is 11.6. The maximum atomic E-state index is 11.6. The molecule has 0 unspecified atom stereocenters. The lowest BCUT2D eigenvalue weighted by atomic mass is 9.81. The molecular formula is C13H21NO2. The molecule has 0 aliphatic heterocycles. The monoisotopic (exact) mass is 223 g/mol. The molecule has 90 valence electrons. The lowest BCUT2D eigenvalue weighted by molar-refractivity contribution is -0.156. The minimum atomic E-state index is -0.388. The highest BCUT2D eigenvalue weighted by Gasteiger charge is 2.25. The van der Waals surface area contributed by atoms with Gasteiger partial charge in [-0.25, -0.2) is 0 Å². The molecule has 0 spiro atoms. The van der Waals surface area contributed by atoms with Crippen LogP contribution in [-0.4, -0.2) is 11.6 Å². The molecular weight excluding hydrogens is 202 g/mol. The van der Waals surface area contributed by atoms with E-state index in [0.717, 1.165) is 25.7 Å². The van der Waals surface area contributed by atoms with Crippen molar-refractivity contribution in [3.63, 3.8) is 0 Å². The van der Waals surface area contributed by atoms with Gasteiger partial charge in [-0.3, -0.25) is 4.79 Å². The molecule has 1 aliphatic rings. The van der Waals surface area contributed by atoms with Gasteiger partial charge in [-0.1, -0.05) is 0 Å². The van der Waals surface area contributed by atoms with Gasteiger partial charge in [0, 0.05) is 12.3 Å². The molecule has 0 amide bonds. The Morgan fingerprint density at radius 2 is 1.88 bits per heavy atom. The molecule has 3 heteroatoms. The summed E-state index contributed by atoms with van der Waals surface area (Å²) in [6.07, 6.45) is 4.35. The largest absolute Gasteiger partial charge is 0.460 e. The van der Waals surface area contributed by atoms with Crippen LogP contribution in [0.3, 0.4) is 0 Å². The van der Waals surface area contributed by atoms with Crippen LogP contribution < -0.4 is 0 Å². The summed E-state index contributed by atoms with van der Waals surface area (Å²) in [6.45, 7) is 5.66. The van der Waals surface area contributed by atoms with Crippen molar-refractivity contribution < 1.29 is 9.53 Å². The van der Waals surface area contributed by atoms with E-state index in [2.05, 4.69) is 6.07 Å². The second kappa shape index (κ2) is 5.34. The van der Waals surface area contributed by atoms with Gasteiger partial charge in [0.25, 0.3) is 0 Å². The third kappa shape index (κ3) is 4.65. The van der Waals surface area contributed by atoms with E-state index in [-0.39, 0.29) is 17.5 Å². The van der Waals surface area contributed by atoms with E-state index in [1.54, 1.807) is 0 Å². The zero-order valence-electron chi connectivity index (χ0n) is 10.5. The van der Waals surface area contributed by atoms with Gasteiger partial charge < -0.3 is 4.74 Å². The van der Waals surface area contributed by atoms with Crippen molar-refractivity contribution in [3.8, 4) is 6.07 Å². The van der Waals surface area contributed by atoms with Crippen LogP contribution in [0.25, 0.3) is 0 Å². The highest BCUT2D eigenvalue weighted by atomic mass is 16.6. The van der Waals surface area contributed by atoms with Crippen molar-refractivity contribution in [3.05, 3.63) is 0 Å². The molecule has 1 saturated carbocycles. The number of carbonyl (C=O) groups is 1. The summed E-state index contributed by atoms with van der Waals surface area (Å²) in [4.78, 5) is 11.6. The summed E-state index contributed by atoms with van der Waals surface area (Å²) in [5, 5.41) is 8.77. The minimum absolute atomic E-state index is 0.104. The highest BCUT2D eigenvalue weighted by molar-refractivity contribution is 5.70. The molecule has 0 aromatic heterocycles. The van der Waals surface area contributed by atoms with Crippen LogP contribution in [0.5, 0.6) is 0 Å². The number of esters is 1. The highest BCUT2D eigenvalue weighted by Crippen LogP contribution is 2.30. The first-order valence-electron chi connectivity index (χ1n) is 6.02. The van der Waals surface area contributed by atoms with Crippen molar-refractivity contribution in [1.82, 2.24) is 0 Å². The van der Waals surface area contributed by atoms with Crippen LogP contribution in [0.1, 0.15) is 52.9 Å². The van der Waals surface area contributed by atoms with Gasteiger partial charge in [0.05, 0.1) is 6.07 Å². The predicted molar refractivity (Wildman–Crippen MR) is 61.5 cm³/mol. The van der Waals surface area contributed by atoms with Gasteiger partial charge in [0.1, 0.15) is 5.60 Å². The summed E-state index contributed by atoms with van der Waals surface area (Å²) >= 11 is 0. The smallest absolute Gasteiger partial charge is 0.306 e. The van der Waals surface area contributed by atoms with Crippen molar-refractivity contribution >= 4 is 5.97 Å². The molecule has 16 heavy (non-hydrogen) atoms. The standard InChI is InChI=1S/C13H21NO2/c1-13(2,3)16-12(15)8-10-4-6-11(9-14)7-5-10/h10-11H,4-8H2,1-3H3. The second-order valence-corrected chi connectivity index (χ2v) is 5.64. The van der Waals surface area contributed by atoms with E-state index in [1.807, 2.05) is 20.8 Å². The number of ether oxygens (including phenoxy) is 1. The molecule has 1 rings (SSSR count). The molecule has 0 heterocycles. The molecule has 1 aliphatic carbocycles. The molecule has 0 N–H and O–H groups in total. The number of rotatable bonds is 2. The molecule has 1 fully saturated rings. The number of carbonyl (C=O) groups excluding carboxylic acids is 1. The Labute approximate surface area is 97.8 Å². The maximum Gasteiger partial charge on any atom is 0.306 e. The predicted octanol–water partition coefficient (Wildman–Crippen LogP) is 3.05. The molecule has 0 radical (unpaired) electrons. The summed E-state index contributed by atoms with van der Waals surface area (Å²) in [6, 6.07) is 2.30. The quantitative estimate of drug-likeness (QED) is 0.676. The van der Waals surface area contributed by atoms with Crippen molar-refractivity contribution in [2.24, 2.45) is 11.8 Å². The summed E-state index contributed by atoms with van der Waals surface area (Å²) in [7, 11) is 0. The first-order chi connectivity index (χ1) is 7.40. The van der Waals surface area contributed by atoms with Crippen molar-refractivity contribution in [1.29, 1.82) is 5.26 Å². The van der Waals surface area contributed by atoms with E-state index in [0.29, 0.717) is 12.3 Å². The summed E-state index contributed by atoms with van der Waals surface area (Å²) in [5.41, 5.74) is -0.388. The number of nitriles is 1. The Balaban J connectivity index is 2.29. The van der Waals surface area contributed by atoms with Crippen molar-refractivity contribution in [2.45, 2.75) is 58.5 Å². The van der Waals surface area contributed by atoms with Crippen LogP contribution in [0, 0.1) is 23.2 Å². The minimum Gasteiger partial charge on any atom is -0.460 e. The fraction of sp³-hybridized carbons (Fsp3) is 0.846. The first-order valence-corrected chi connectivity index (χ1v) is 6.02. The zero-order chi connectivity index (χ0) is 12.2. The first kappa shape index (κ1) is 13.0. The van der Waals surface area contributed by atoms with Crippen LogP contribution in [0.4, 0.5) is 0 Å². The Kier molecular flexibility index (Phi) is 4.35. The number of hydrogen-bond acceptors (Lipinski definition) is 3. The van der Waals surface area contributed by atoms with Gasteiger partial charge in [-0.15, -0.1) is 0 Å². The average Bonchev–Trinajstić information content (AvgIpc) is 2.16. The topological polar surface area (TPSA) is 50.1 Å². The number of nitrogens with zero attached hydrogens (tertiary/aromatic N) is 1. The van der Waals surface area contributed by atoms with E-state index in [9.17, 15) is 4.79 Å². The van der Waals surface area contributed by atoms with Gasteiger partial charge in [0.2, 0.25) is 0 Å². The lowest BCUT2D eigenvalue weighted by Crippen LogP contribution is -2.26. The zero-order valence-corrected chi connectivity index (χ0v) is 10.5. The fourth-order valence-corrected chi connectivity index (χ4v) is 2.11. The number of hydrogen-bond donors (Lipinski definition) is 0. The molecule has 0 atom stereocenters. The van der Waals surface area contributed by atoms with Gasteiger partial charge in [-0.05, 0) is 52.4 Å². The second-order valence-electron chi connectivity index (χ2n) is 5.64. The van der Waals surface area contributed by atoms with Crippen molar-refractivity contribution in [2.75, 3.05) is 0 Å². The third-order valence-corrected chi connectivity index (χ3v) is 2.90. The van der Waals surface area contributed by atoms with Gasteiger partial charge >= 0.3 is 5.97 Å². The van der Waals surface area contributed by atoms with Crippen LogP contribution >= 0.6 is 0 Å². The Morgan fingerprint density at radius 1 is 1.31 bits per heavy atom. The Bertz CT molecular complexity index is 277. The van der Waals surface area contributed by atoms with E-state index >= 15 is 0 Å².